The fourth-order valence-corrected chi connectivity index (χ4v) is 5.57. The first-order valence-corrected chi connectivity index (χ1v) is 13.2. The Balaban J connectivity index is 1.30. The zero-order chi connectivity index (χ0) is 27.5. The van der Waals surface area contributed by atoms with Gasteiger partial charge in [0.05, 0.1) is 24.6 Å². The molecule has 1 aromatic heterocycles. The molecule has 1 aliphatic heterocycles. The predicted molar refractivity (Wildman–Crippen MR) is 138 cm³/mol. The van der Waals surface area contributed by atoms with Gasteiger partial charge in [-0.25, -0.2) is 8.78 Å². The molecule has 3 amide bonds. The summed E-state index contributed by atoms with van der Waals surface area (Å²) in [5, 5.41) is 14.6. The van der Waals surface area contributed by atoms with Crippen LogP contribution in [0.3, 0.4) is 0 Å². The molecule has 204 valence electrons. The van der Waals surface area contributed by atoms with E-state index in [1.807, 2.05) is 30.3 Å². The standard InChI is InChI=1S/C26H31F2N5O4S/c1-16(20-10-17(13-38-20)23(29)30)32-24(36)19-11-25(14-26(25,27)28)15-33(19)22(35)12-31-21(34)8-5-9-37-18-6-3-2-4-7-18/h2-4,6-7,10,13,16,19H,5,8-9,11-12,14-15H2,1H3,(H3,29,30)(H,31,34)(H,32,36)/t16?,19-,25-/m0/s1. The Morgan fingerprint density at radius 1 is 1.29 bits per heavy atom. The molecular formula is C26H31F2N5O4S. The van der Waals surface area contributed by atoms with Crippen LogP contribution >= 0.6 is 11.3 Å². The summed E-state index contributed by atoms with van der Waals surface area (Å²) in [4.78, 5) is 40.2. The quantitative estimate of drug-likeness (QED) is 0.195. The summed E-state index contributed by atoms with van der Waals surface area (Å²) in [6, 6.07) is 9.32. The van der Waals surface area contributed by atoms with Gasteiger partial charge in [-0.2, -0.15) is 0 Å². The first-order chi connectivity index (χ1) is 18.0. The number of hydrogen-bond acceptors (Lipinski definition) is 6. The second-order valence-corrected chi connectivity index (χ2v) is 10.8. The SMILES string of the molecule is CC(NC(=O)[C@@H]1C[C@@]2(CN1C(=O)CNC(=O)CCCOc1ccccc1)CC2(F)F)c1cc(C(=N)N)cs1. The van der Waals surface area contributed by atoms with Gasteiger partial charge in [0.2, 0.25) is 17.7 Å². The number of rotatable bonds is 11. The number of ether oxygens (including phenoxy) is 1. The Hall–Kier alpha value is -3.54. The van der Waals surface area contributed by atoms with Gasteiger partial charge in [-0.1, -0.05) is 18.2 Å². The lowest BCUT2D eigenvalue weighted by Crippen LogP contribution is -2.49. The van der Waals surface area contributed by atoms with Gasteiger partial charge < -0.3 is 26.0 Å². The number of amides is 3. The van der Waals surface area contributed by atoms with Crippen LogP contribution in [0.15, 0.2) is 41.8 Å². The van der Waals surface area contributed by atoms with Gasteiger partial charge in [-0.3, -0.25) is 19.8 Å². The largest absolute Gasteiger partial charge is 0.494 e. The molecule has 3 atom stereocenters. The molecular weight excluding hydrogens is 516 g/mol. The molecule has 1 saturated carbocycles. The smallest absolute Gasteiger partial charge is 0.256 e. The maximum Gasteiger partial charge on any atom is 0.256 e. The van der Waals surface area contributed by atoms with Gasteiger partial charge in [0.1, 0.15) is 17.6 Å². The number of nitrogens with zero attached hydrogens (tertiary/aromatic N) is 1. The van der Waals surface area contributed by atoms with Gasteiger partial charge in [-0.15, -0.1) is 11.3 Å². The molecule has 9 nitrogen and oxygen atoms in total. The molecule has 4 rings (SSSR count). The number of carbonyl (C=O) groups excluding carboxylic acids is 3. The topological polar surface area (TPSA) is 138 Å². The van der Waals surface area contributed by atoms with E-state index < -0.39 is 35.2 Å². The van der Waals surface area contributed by atoms with E-state index in [1.165, 1.54) is 11.3 Å². The number of likely N-dealkylation sites (tertiary alicyclic amines) is 1. The maximum atomic E-state index is 14.2. The first kappa shape index (κ1) is 27.5. The van der Waals surface area contributed by atoms with Gasteiger partial charge in [0.15, 0.2) is 0 Å². The monoisotopic (exact) mass is 547 g/mol. The van der Waals surface area contributed by atoms with Gasteiger partial charge in [0, 0.05) is 35.2 Å². The molecule has 1 aromatic carbocycles. The highest BCUT2D eigenvalue weighted by Gasteiger charge is 2.75. The van der Waals surface area contributed by atoms with E-state index in [0.29, 0.717) is 24.3 Å². The number of thiophene rings is 1. The molecule has 12 heteroatoms. The number of benzene rings is 1. The van der Waals surface area contributed by atoms with Crippen molar-refractivity contribution in [3.05, 3.63) is 52.2 Å². The summed E-state index contributed by atoms with van der Waals surface area (Å²) in [5.74, 6) is -3.82. The number of carbonyl (C=O) groups is 3. The molecule has 5 N–H and O–H groups in total. The molecule has 2 aromatic rings. The number of alkyl halides is 2. The summed E-state index contributed by atoms with van der Waals surface area (Å²) in [6.07, 6.45) is 0.0551. The fourth-order valence-electron chi connectivity index (χ4n) is 4.66. The summed E-state index contributed by atoms with van der Waals surface area (Å²) in [5.41, 5.74) is 4.63. The highest BCUT2D eigenvalue weighted by Crippen LogP contribution is 2.66. The van der Waals surface area contributed by atoms with Crippen molar-refractivity contribution in [2.45, 2.75) is 50.6 Å². The van der Waals surface area contributed by atoms with E-state index in [9.17, 15) is 23.2 Å². The number of nitrogens with two attached hydrogens (primary N) is 1. The van der Waals surface area contributed by atoms with Crippen LogP contribution in [0.2, 0.25) is 0 Å². The number of nitrogens with one attached hydrogen (secondary N) is 3. The van der Waals surface area contributed by atoms with Gasteiger partial charge in [-0.05, 0) is 38.0 Å². The van der Waals surface area contributed by atoms with Crippen molar-refractivity contribution in [3.8, 4) is 5.75 Å². The summed E-state index contributed by atoms with van der Waals surface area (Å²) < 4.78 is 33.9. The Morgan fingerprint density at radius 3 is 2.63 bits per heavy atom. The van der Waals surface area contributed by atoms with Crippen LogP contribution in [0.5, 0.6) is 5.75 Å². The van der Waals surface area contributed by atoms with E-state index in [2.05, 4.69) is 10.6 Å². The third kappa shape index (κ3) is 6.12. The molecule has 1 aliphatic carbocycles. The van der Waals surface area contributed by atoms with Crippen LogP contribution in [0.4, 0.5) is 8.78 Å². The predicted octanol–water partition coefficient (Wildman–Crippen LogP) is 2.81. The van der Waals surface area contributed by atoms with Crippen molar-refractivity contribution < 1.29 is 27.9 Å². The third-order valence-corrected chi connectivity index (χ3v) is 8.10. The van der Waals surface area contributed by atoms with E-state index in [0.717, 1.165) is 9.78 Å². The number of halogens is 2. The molecule has 0 bridgehead atoms. The molecule has 38 heavy (non-hydrogen) atoms. The van der Waals surface area contributed by atoms with Crippen LogP contribution in [0, 0.1) is 10.8 Å². The molecule has 1 unspecified atom stereocenters. The Bertz CT molecular complexity index is 1210. The van der Waals surface area contributed by atoms with Gasteiger partial charge >= 0.3 is 0 Å². The lowest BCUT2D eigenvalue weighted by molar-refractivity contribution is -0.139. The molecule has 2 aliphatic rings. The first-order valence-electron chi connectivity index (χ1n) is 12.4. The summed E-state index contributed by atoms with van der Waals surface area (Å²) in [7, 11) is 0. The van der Waals surface area contributed by atoms with E-state index in [4.69, 9.17) is 15.9 Å². The molecule has 0 radical (unpaired) electrons. The molecule has 1 saturated heterocycles. The lowest BCUT2D eigenvalue weighted by atomic mass is 10.0. The molecule has 2 fully saturated rings. The van der Waals surface area contributed by atoms with E-state index >= 15 is 0 Å². The second kappa shape index (κ2) is 11.1. The summed E-state index contributed by atoms with van der Waals surface area (Å²) in [6.45, 7) is 1.44. The molecule has 2 heterocycles. The van der Waals surface area contributed by atoms with Crippen molar-refractivity contribution in [3.63, 3.8) is 0 Å². The Labute approximate surface area is 223 Å². The van der Waals surface area contributed by atoms with Crippen LogP contribution in [0.1, 0.15) is 49.1 Å². The van der Waals surface area contributed by atoms with Crippen molar-refractivity contribution in [1.82, 2.24) is 15.5 Å². The number of para-hydroxylation sites is 1. The summed E-state index contributed by atoms with van der Waals surface area (Å²) >= 11 is 1.31. The van der Waals surface area contributed by atoms with Crippen molar-refractivity contribution in [2.24, 2.45) is 11.1 Å². The zero-order valence-corrected chi connectivity index (χ0v) is 21.8. The average molecular weight is 548 g/mol. The average Bonchev–Trinajstić information content (AvgIpc) is 3.27. The number of nitrogen functional groups attached to an aromatic ring is 1. The normalized spacial score (nSPS) is 22.1. The second-order valence-electron chi connectivity index (χ2n) is 9.83. The molecule has 1 spiro atoms. The number of amidine groups is 1. The van der Waals surface area contributed by atoms with E-state index in [-0.39, 0.29) is 44.1 Å². The zero-order valence-electron chi connectivity index (χ0n) is 21.0. The van der Waals surface area contributed by atoms with Crippen LogP contribution < -0.4 is 21.1 Å². The maximum absolute atomic E-state index is 14.2. The van der Waals surface area contributed by atoms with Crippen molar-refractivity contribution in [1.29, 1.82) is 5.41 Å². The minimum atomic E-state index is -2.93. The third-order valence-electron chi connectivity index (χ3n) is 6.98. The van der Waals surface area contributed by atoms with Crippen molar-refractivity contribution in [2.75, 3.05) is 19.7 Å². The van der Waals surface area contributed by atoms with E-state index in [1.54, 1.807) is 18.4 Å². The van der Waals surface area contributed by atoms with Crippen molar-refractivity contribution >= 4 is 34.9 Å². The lowest BCUT2D eigenvalue weighted by Gasteiger charge is -2.25. The highest BCUT2D eigenvalue weighted by molar-refractivity contribution is 7.10. The fraction of sp³-hybridized carbons (Fsp3) is 0.462. The minimum absolute atomic E-state index is 0.0951. The van der Waals surface area contributed by atoms with Crippen LogP contribution in [-0.2, 0) is 14.4 Å². The van der Waals surface area contributed by atoms with Crippen LogP contribution in [-0.4, -0.2) is 60.1 Å². The van der Waals surface area contributed by atoms with Gasteiger partial charge in [0.25, 0.3) is 5.92 Å². The number of hydrogen-bond donors (Lipinski definition) is 4. The van der Waals surface area contributed by atoms with Crippen LogP contribution in [0.25, 0.3) is 0 Å². The Kier molecular flexibility index (Phi) is 8.00. The Morgan fingerprint density at radius 2 is 2.00 bits per heavy atom. The highest BCUT2D eigenvalue weighted by atomic mass is 32.1. The minimum Gasteiger partial charge on any atom is -0.494 e.